The van der Waals surface area contributed by atoms with E-state index in [1.54, 1.807) is 0 Å². The SMILES string of the molecule is O=C(NC1CC1)NC1CCNC1. The molecule has 2 fully saturated rings. The van der Waals surface area contributed by atoms with E-state index >= 15 is 0 Å². The van der Waals surface area contributed by atoms with Crippen molar-refractivity contribution >= 4 is 6.03 Å². The maximum absolute atomic E-state index is 11.2. The van der Waals surface area contributed by atoms with Gasteiger partial charge in [-0.05, 0) is 25.8 Å². The quantitative estimate of drug-likeness (QED) is 0.536. The third-order valence-electron chi connectivity index (χ3n) is 2.31. The summed E-state index contributed by atoms with van der Waals surface area (Å²) in [5, 5.41) is 9.04. The Balaban J connectivity index is 1.66. The Morgan fingerprint density at radius 1 is 1.17 bits per heavy atom. The number of amides is 2. The minimum Gasteiger partial charge on any atom is -0.335 e. The molecular weight excluding hydrogens is 154 g/mol. The average molecular weight is 169 g/mol. The van der Waals surface area contributed by atoms with Crippen LogP contribution in [0.25, 0.3) is 0 Å². The molecule has 3 N–H and O–H groups in total. The summed E-state index contributed by atoms with van der Waals surface area (Å²) in [6.45, 7) is 1.94. The van der Waals surface area contributed by atoms with Crippen LogP contribution in [0.2, 0.25) is 0 Å². The summed E-state index contributed by atoms with van der Waals surface area (Å²) in [4.78, 5) is 11.2. The maximum atomic E-state index is 11.2. The van der Waals surface area contributed by atoms with Gasteiger partial charge in [0.15, 0.2) is 0 Å². The number of rotatable bonds is 2. The van der Waals surface area contributed by atoms with Crippen molar-refractivity contribution in [1.29, 1.82) is 0 Å². The minimum absolute atomic E-state index is 0.00574. The molecule has 1 saturated heterocycles. The summed E-state index contributed by atoms with van der Waals surface area (Å²) in [5.41, 5.74) is 0. The normalized spacial score (nSPS) is 28.5. The van der Waals surface area contributed by atoms with Gasteiger partial charge in [0.1, 0.15) is 0 Å². The molecule has 4 nitrogen and oxygen atoms in total. The highest BCUT2D eigenvalue weighted by Crippen LogP contribution is 2.18. The second-order valence-corrected chi connectivity index (χ2v) is 3.58. The first-order valence-corrected chi connectivity index (χ1v) is 4.62. The van der Waals surface area contributed by atoms with Crippen molar-refractivity contribution in [2.24, 2.45) is 0 Å². The molecule has 1 aliphatic carbocycles. The molecule has 2 amide bonds. The molecule has 0 bridgehead atoms. The topological polar surface area (TPSA) is 53.2 Å². The molecule has 1 saturated carbocycles. The Morgan fingerprint density at radius 2 is 1.92 bits per heavy atom. The van der Waals surface area contributed by atoms with Crippen LogP contribution in [0.1, 0.15) is 19.3 Å². The molecule has 0 aromatic carbocycles. The van der Waals surface area contributed by atoms with Crippen molar-refractivity contribution in [3.05, 3.63) is 0 Å². The molecule has 0 aromatic rings. The van der Waals surface area contributed by atoms with Crippen molar-refractivity contribution in [2.45, 2.75) is 31.3 Å². The Bertz CT molecular complexity index is 173. The van der Waals surface area contributed by atoms with Crippen molar-refractivity contribution in [3.8, 4) is 0 Å². The van der Waals surface area contributed by atoms with Crippen LogP contribution in [0.5, 0.6) is 0 Å². The number of urea groups is 1. The van der Waals surface area contributed by atoms with Gasteiger partial charge in [-0.2, -0.15) is 0 Å². The third-order valence-corrected chi connectivity index (χ3v) is 2.31. The standard InChI is InChI=1S/C8H15N3O/c12-8(10-6-1-2-6)11-7-3-4-9-5-7/h6-7,9H,1-5H2,(H2,10,11,12). The molecule has 0 spiro atoms. The van der Waals surface area contributed by atoms with Crippen LogP contribution in [-0.2, 0) is 0 Å². The van der Waals surface area contributed by atoms with Crippen LogP contribution in [-0.4, -0.2) is 31.2 Å². The van der Waals surface area contributed by atoms with Crippen molar-refractivity contribution < 1.29 is 4.79 Å². The second kappa shape index (κ2) is 3.31. The maximum Gasteiger partial charge on any atom is 0.315 e. The van der Waals surface area contributed by atoms with Crippen molar-refractivity contribution in [2.75, 3.05) is 13.1 Å². The molecular formula is C8H15N3O. The van der Waals surface area contributed by atoms with Crippen LogP contribution in [0, 0.1) is 0 Å². The summed E-state index contributed by atoms with van der Waals surface area (Å²) in [6.07, 6.45) is 3.35. The van der Waals surface area contributed by atoms with Gasteiger partial charge >= 0.3 is 6.03 Å². The third kappa shape index (κ3) is 2.11. The molecule has 2 rings (SSSR count). The van der Waals surface area contributed by atoms with E-state index in [1.807, 2.05) is 0 Å². The fraction of sp³-hybridized carbons (Fsp3) is 0.875. The molecule has 4 heteroatoms. The van der Waals surface area contributed by atoms with Crippen LogP contribution in [0.15, 0.2) is 0 Å². The number of hydrogen-bond donors (Lipinski definition) is 3. The molecule has 2 aliphatic rings. The summed E-state index contributed by atoms with van der Waals surface area (Å²) in [7, 11) is 0. The van der Waals surface area contributed by atoms with Crippen molar-refractivity contribution in [3.63, 3.8) is 0 Å². The number of carbonyl (C=O) groups is 1. The zero-order valence-electron chi connectivity index (χ0n) is 7.10. The Kier molecular flexibility index (Phi) is 2.17. The minimum atomic E-state index is 0.00574. The highest BCUT2D eigenvalue weighted by Gasteiger charge is 2.24. The number of hydrogen-bond acceptors (Lipinski definition) is 2. The van der Waals surface area contributed by atoms with Gasteiger partial charge in [0.05, 0.1) is 0 Å². The number of nitrogens with one attached hydrogen (secondary N) is 3. The summed E-state index contributed by atoms with van der Waals surface area (Å²) >= 11 is 0. The highest BCUT2D eigenvalue weighted by atomic mass is 16.2. The highest BCUT2D eigenvalue weighted by molar-refractivity contribution is 5.74. The molecule has 1 heterocycles. The van der Waals surface area contributed by atoms with Crippen LogP contribution >= 0.6 is 0 Å². The van der Waals surface area contributed by atoms with E-state index in [0.717, 1.165) is 32.4 Å². The second-order valence-electron chi connectivity index (χ2n) is 3.58. The molecule has 1 unspecified atom stereocenters. The summed E-state index contributed by atoms with van der Waals surface area (Å²) in [5.74, 6) is 0. The van der Waals surface area contributed by atoms with E-state index in [-0.39, 0.29) is 6.03 Å². The smallest absolute Gasteiger partial charge is 0.315 e. The van der Waals surface area contributed by atoms with E-state index < -0.39 is 0 Å². The van der Waals surface area contributed by atoms with E-state index in [4.69, 9.17) is 0 Å². The molecule has 12 heavy (non-hydrogen) atoms. The summed E-state index contributed by atoms with van der Waals surface area (Å²) in [6, 6.07) is 0.800. The van der Waals surface area contributed by atoms with Gasteiger partial charge < -0.3 is 16.0 Å². The monoisotopic (exact) mass is 169 g/mol. The Morgan fingerprint density at radius 3 is 2.50 bits per heavy atom. The molecule has 0 aromatic heterocycles. The van der Waals surface area contributed by atoms with E-state index in [9.17, 15) is 4.79 Å². The van der Waals surface area contributed by atoms with Gasteiger partial charge in [-0.3, -0.25) is 0 Å². The summed E-state index contributed by atoms with van der Waals surface area (Å²) < 4.78 is 0. The van der Waals surface area contributed by atoms with Gasteiger partial charge in [-0.1, -0.05) is 0 Å². The largest absolute Gasteiger partial charge is 0.335 e. The first kappa shape index (κ1) is 7.86. The zero-order valence-corrected chi connectivity index (χ0v) is 7.10. The van der Waals surface area contributed by atoms with E-state index in [2.05, 4.69) is 16.0 Å². The van der Waals surface area contributed by atoms with Crippen LogP contribution < -0.4 is 16.0 Å². The number of carbonyl (C=O) groups excluding carboxylic acids is 1. The fourth-order valence-corrected chi connectivity index (χ4v) is 1.42. The lowest BCUT2D eigenvalue weighted by Crippen LogP contribution is -2.43. The Hall–Kier alpha value is -0.770. The van der Waals surface area contributed by atoms with E-state index in [1.165, 1.54) is 0 Å². The first-order chi connectivity index (χ1) is 5.84. The molecule has 68 valence electrons. The predicted octanol–water partition coefficient (Wildman–Crippen LogP) is -0.190. The molecule has 0 radical (unpaired) electrons. The van der Waals surface area contributed by atoms with Gasteiger partial charge in [0.25, 0.3) is 0 Å². The first-order valence-electron chi connectivity index (χ1n) is 4.62. The zero-order chi connectivity index (χ0) is 8.39. The van der Waals surface area contributed by atoms with Crippen molar-refractivity contribution in [1.82, 2.24) is 16.0 Å². The Labute approximate surface area is 72.1 Å². The van der Waals surface area contributed by atoms with Gasteiger partial charge in [-0.15, -0.1) is 0 Å². The predicted molar refractivity (Wildman–Crippen MR) is 46.0 cm³/mol. The molecule has 1 aliphatic heterocycles. The van der Waals surface area contributed by atoms with Gasteiger partial charge in [0.2, 0.25) is 0 Å². The van der Waals surface area contributed by atoms with E-state index in [0.29, 0.717) is 12.1 Å². The lowest BCUT2D eigenvalue weighted by atomic mass is 10.3. The molecule has 1 atom stereocenters. The average Bonchev–Trinajstić information content (AvgIpc) is 2.66. The van der Waals surface area contributed by atoms with Gasteiger partial charge in [-0.25, -0.2) is 4.79 Å². The lowest BCUT2D eigenvalue weighted by Gasteiger charge is -2.11. The fourth-order valence-electron chi connectivity index (χ4n) is 1.42. The van der Waals surface area contributed by atoms with Gasteiger partial charge in [0, 0.05) is 18.6 Å². The van der Waals surface area contributed by atoms with Crippen LogP contribution in [0.3, 0.4) is 0 Å². The lowest BCUT2D eigenvalue weighted by molar-refractivity contribution is 0.237. The van der Waals surface area contributed by atoms with Crippen LogP contribution in [0.4, 0.5) is 4.79 Å².